The Hall–Kier alpha value is -3.49. The van der Waals surface area contributed by atoms with E-state index in [9.17, 15) is 4.79 Å². The number of pyridine rings is 1. The van der Waals surface area contributed by atoms with Gasteiger partial charge < -0.3 is 14.3 Å². The second-order valence-electron chi connectivity index (χ2n) is 8.72. The topological polar surface area (TPSA) is 105 Å². The Balaban J connectivity index is 1.58. The fourth-order valence-electron chi connectivity index (χ4n) is 3.77. The second kappa shape index (κ2) is 6.51. The highest BCUT2D eigenvalue weighted by Gasteiger charge is 2.38. The summed E-state index contributed by atoms with van der Waals surface area (Å²) in [6.07, 6.45) is 4.30. The van der Waals surface area contributed by atoms with E-state index in [0.717, 1.165) is 28.2 Å². The Morgan fingerprint density at radius 2 is 2.10 bits per heavy atom. The number of nitrogens with one attached hydrogen (secondary N) is 1. The van der Waals surface area contributed by atoms with Crippen LogP contribution in [0.3, 0.4) is 0 Å². The van der Waals surface area contributed by atoms with Crippen molar-refractivity contribution in [2.24, 2.45) is 0 Å². The molecule has 5 rings (SSSR count). The van der Waals surface area contributed by atoms with Crippen LogP contribution in [0.15, 0.2) is 35.1 Å². The summed E-state index contributed by atoms with van der Waals surface area (Å²) >= 11 is 0. The molecule has 0 saturated heterocycles. The van der Waals surface area contributed by atoms with Gasteiger partial charge in [0.15, 0.2) is 0 Å². The fourth-order valence-corrected chi connectivity index (χ4v) is 3.77. The molecule has 4 aromatic heterocycles. The molecule has 0 spiro atoms. The van der Waals surface area contributed by atoms with Gasteiger partial charge in [-0.3, -0.25) is 4.79 Å². The number of amides is 1. The average molecular weight is 405 g/mol. The molecule has 0 radical (unpaired) electrons. The van der Waals surface area contributed by atoms with Crippen LogP contribution in [0, 0.1) is 6.92 Å². The van der Waals surface area contributed by atoms with Crippen LogP contribution in [0.5, 0.6) is 0 Å². The zero-order chi connectivity index (χ0) is 21.0. The molecular formula is C21H23N7O2. The molecule has 9 heteroatoms. The molecule has 1 aliphatic rings. The van der Waals surface area contributed by atoms with Gasteiger partial charge >= 0.3 is 11.8 Å². The molecule has 0 unspecified atom stereocenters. The maximum Gasteiger partial charge on any atom is 0.312 e. The van der Waals surface area contributed by atoms with Gasteiger partial charge in [-0.1, -0.05) is 26.8 Å². The molecule has 154 valence electrons. The number of aromatic nitrogens is 6. The Morgan fingerprint density at radius 1 is 1.27 bits per heavy atom. The average Bonchev–Trinajstić information content (AvgIpc) is 3.43. The summed E-state index contributed by atoms with van der Waals surface area (Å²) in [7, 11) is 0. The number of fused-ring (bicyclic) bond motifs is 2. The van der Waals surface area contributed by atoms with Crippen molar-refractivity contribution >= 4 is 11.4 Å². The molecule has 0 fully saturated rings. The first-order valence-electron chi connectivity index (χ1n) is 9.94. The molecule has 0 bridgehead atoms. The summed E-state index contributed by atoms with van der Waals surface area (Å²) in [6, 6.07) is 5.61. The molecule has 0 aromatic carbocycles. The summed E-state index contributed by atoms with van der Waals surface area (Å²) < 4.78 is 7.56. The van der Waals surface area contributed by atoms with Gasteiger partial charge in [-0.2, -0.15) is 5.10 Å². The minimum absolute atomic E-state index is 0.0106. The van der Waals surface area contributed by atoms with Crippen LogP contribution in [-0.2, 0) is 11.8 Å². The third-order valence-electron chi connectivity index (χ3n) is 5.34. The Morgan fingerprint density at radius 3 is 2.87 bits per heavy atom. The van der Waals surface area contributed by atoms with Crippen molar-refractivity contribution in [3.05, 3.63) is 65.1 Å². The van der Waals surface area contributed by atoms with Crippen molar-refractivity contribution in [2.45, 2.75) is 45.6 Å². The van der Waals surface area contributed by atoms with Crippen LogP contribution < -0.4 is 0 Å². The fraction of sp³-hybridized carbons (Fsp3) is 0.381. The van der Waals surface area contributed by atoms with Gasteiger partial charge in [0, 0.05) is 30.3 Å². The standard InChI is InChI=1S/C21H23N7O2/c1-12-5-6-13-9-15(26-28(13)10-12)17-16-14(22-11-23-16)7-8-27(17)19(29)18-24-25-20(30-18)21(2,3)4/h5-6,9-11,17H,7-8H2,1-4H3,(H,22,23)/t17-/m0/s1. The molecule has 1 atom stereocenters. The number of carbonyl (C=O) groups excluding carboxylic acids is 1. The van der Waals surface area contributed by atoms with E-state index in [-0.39, 0.29) is 17.2 Å². The Kier molecular flexibility index (Phi) is 4.02. The maximum absolute atomic E-state index is 13.4. The van der Waals surface area contributed by atoms with Crippen LogP contribution in [0.2, 0.25) is 0 Å². The zero-order valence-electron chi connectivity index (χ0n) is 17.4. The molecule has 1 amide bonds. The summed E-state index contributed by atoms with van der Waals surface area (Å²) in [4.78, 5) is 22.8. The molecule has 4 aromatic rings. The van der Waals surface area contributed by atoms with E-state index in [4.69, 9.17) is 9.52 Å². The van der Waals surface area contributed by atoms with E-state index in [0.29, 0.717) is 18.9 Å². The van der Waals surface area contributed by atoms with Crippen LogP contribution in [0.1, 0.15) is 66.0 Å². The monoisotopic (exact) mass is 405 g/mol. The van der Waals surface area contributed by atoms with Gasteiger partial charge in [0.1, 0.15) is 6.04 Å². The Bertz CT molecular complexity index is 1240. The highest BCUT2D eigenvalue weighted by molar-refractivity contribution is 5.90. The van der Waals surface area contributed by atoms with E-state index in [1.165, 1.54) is 0 Å². The molecule has 5 heterocycles. The van der Waals surface area contributed by atoms with E-state index < -0.39 is 6.04 Å². The number of aryl methyl sites for hydroxylation is 1. The summed E-state index contributed by atoms with van der Waals surface area (Å²) in [6.45, 7) is 8.41. The molecule has 1 N–H and O–H groups in total. The number of hydrogen-bond acceptors (Lipinski definition) is 6. The molecule has 0 aliphatic carbocycles. The van der Waals surface area contributed by atoms with E-state index in [2.05, 4.69) is 20.2 Å². The third-order valence-corrected chi connectivity index (χ3v) is 5.34. The van der Waals surface area contributed by atoms with E-state index in [1.807, 2.05) is 56.6 Å². The second-order valence-corrected chi connectivity index (χ2v) is 8.72. The predicted molar refractivity (Wildman–Crippen MR) is 108 cm³/mol. The minimum atomic E-state index is -0.433. The zero-order valence-corrected chi connectivity index (χ0v) is 17.4. The predicted octanol–water partition coefficient (Wildman–Crippen LogP) is 2.83. The number of nitrogens with zero attached hydrogens (tertiary/aromatic N) is 6. The van der Waals surface area contributed by atoms with Crippen molar-refractivity contribution in [1.29, 1.82) is 0 Å². The van der Waals surface area contributed by atoms with Gasteiger partial charge in [0.2, 0.25) is 5.89 Å². The van der Waals surface area contributed by atoms with Gasteiger partial charge in [-0.25, -0.2) is 9.50 Å². The van der Waals surface area contributed by atoms with Crippen molar-refractivity contribution in [1.82, 2.24) is 34.7 Å². The summed E-state index contributed by atoms with van der Waals surface area (Å²) in [5, 5.41) is 12.8. The molecule has 0 saturated carbocycles. The van der Waals surface area contributed by atoms with E-state index >= 15 is 0 Å². The lowest BCUT2D eigenvalue weighted by Gasteiger charge is -2.32. The van der Waals surface area contributed by atoms with Crippen molar-refractivity contribution in [3.8, 4) is 0 Å². The Labute approximate surface area is 173 Å². The largest absolute Gasteiger partial charge is 0.416 e. The SMILES string of the molecule is Cc1ccc2cc([C@H]3c4nc[nH]c4CCN3C(=O)c3nnc(C(C)(C)C)o3)nn2c1. The summed E-state index contributed by atoms with van der Waals surface area (Å²) in [5.41, 5.74) is 4.29. The van der Waals surface area contributed by atoms with Gasteiger partial charge in [-0.15, -0.1) is 10.2 Å². The normalized spacial score (nSPS) is 16.8. The first kappa shape index (κ1) is 18.5. The lowest BCUT2D eigenvalue weighted by molar-refractivity contribution is 0.0642. The highest BCUT2D eigenvalue weighted by Crippen LogP contribution is 2.34. The highest BCUT2D eigenvalue weighted by atomic mass is 16.4. The lowest BCUT2D eigenvalue weighted by Crippen LogP contribution is -2.41. The number of carbonyl (C=O) groups is 1. The van der Waals surface area contributed by atoms with Gasteiger partial charge in [-0.05, 0) is 24.6 Å². The quantitative estimate of drug-likeness (QED) is 0.550. The van der Waals surface area contributed by atoms with Gasteiger partial charge in [0.25, 0.3) is 0 Å². The van der Waals surface area contributed by atoms with Crippen molar-refractivity contribution in [2.75, 3.05) is 6.54 Å². The first-order chi connectivity index (χ1) is 14.3. The van der Waals surface area contributed by atoms with Crippen LogP contribution in [0.4, 0.5) is 0 Å². The van der Waals surface area contributed by atoms with Crippen LogP contribution >= 0.6 is 0 Å². The maximum atomic E-state index is 13.4. The number of hydrogen-bond donors (Lipinski definition) is 1. The summed E-state index contributed by atoms with van der Waals surface area (Å²) in [5.74, 6) is 0.108. The smallest absolute Gasteiger partial charge is 0.312 e. The first-order valence-corrected chi connectivity index (χ1v) is 9.94. The molecule has 1 aliphatic heterocycles. The van der Waals surface area contributed by atoms with Crippen LogP contribution in [0.25, 0.3) is 5.52 Å². The van der Waals surface area contributed by atoms with Gasteiger partial charge in [0.05, 0.1) is 23.2 Å². The van der Waals surface area contributed by atoms with E-state index in [1.54, 1.807) is 11.2 Å². The minimum Gasteiger partial charge on any atom is -0.416 e. The lowest BCUT2D eigenvalue weighted by atomic mass is 9.97. The number of aromatic amines is 1. The number of rotatable bonds is 2. The van der Waals surface area contributed by atoms with Crippen molar-refractivity contribution < 1.29 is 9.21 Å². The van der Waals surface area contributed by atoms with Crippen molar-refractivity contribution in [3.63, 3.8) is 0 Å². The molecular weight excluding hydrogens is 382 g/mol. The molecule has 30 heavy (non-hydrogen) atoms. The molecule has 9 nitrogen and oxygen atoms in total. The third kappa shape index (κ3) is 2.97. The number of H-pyrrole nitrogens is 1. The van der Waals surface area contributed by atoms with Crippen LogP contribution in [-0.4, -0.2) is 47.1 Å². The number of imidazole rings is 1.